The average Bonchev–Trinajstić information content (AvgIpc) is 2.73. The number of aromatic carboxylic acids is 1. The molecule has 0 bridgehead atoms. The number of hydrogen-bond acceptors (Lipinski definition) is 6. The molecule has 20 heavy (non-hydrogen) atoms. The highest BCUT2D eigenvalue weighted by molar-refractivity contribution is 8.01. The summed E-state index contributed by atoms with van der Waals surface area (Å²) < 4.78 is 23.2. The van der Waals surface area contributed by atoms with Crippen LogP contribution in [0.3, 0.4) is 0 Å². The first-order valence-corrected chi connectivity index (χ1v) is 8.52. The highest BCUT2D eigenvalue weighted by Gasteiger charge is 2.17. The molecule has 0 aliphatic heterocycles. The standard InChI is InChI=1S/C11H10N2O4S3/c1-6-5-18-11(13-6)19-9-3-2-7(20(12,16)17)4-8(9)10(14)15/h2-5H,1H3,(H,14,15)(H2,12,16,17). The van der Waals surface area contributed by atoms with E-state index in [1.54, 1.807) is 0 Å². The summed E-state index contributed by atoms with van der Waals surface area (Å²) in [5, 5.41) is 16.0. The monoisotopic (exact) mass is 330 g/mol. The van der Waals surface area contributed by atoms with Crippen molar-refractivity contribution in [2.24, 2.45) is 5.14 Å². The molecule has 0 unspecified atom stereocenters. The minimum Gasteiger partial charge on any atom is -0.478 e. The number of aromatic nitrogens is 1. The van der Waals surface area contributed by atoms with Crippen molar-refractivity contribution in [2.75, 3.05) is 0 Å². The highest BCUT2D eigenvalue weighted by atomic mass is 32.2. The molecule has 0 saturated heterocycles. The molecule has 0 spiro atoms. The molecule has 0 aliphatic carbocycles. The number of carboxylic acids is 1. The van der Waals surface area contributed by atoms with Crippen LogP contribution in [0.2, 0.25) is 0 Å². The van der Waals surface area contributed by atoms with Crippen LogP contribution >= 0.6 is 23.1 Å². The summed E-state index contributed by atoms with van der Waals surface area (Å²) >= 11 is 2.56. The smallest absolute Gasteiger partial charge is 0.336 e. The van der Waals surface area contributed by atoms with Crippen LogP contribution in [0.1, 0.15) is 16.1 Å². The van der Waals surface area contributed by atoms with Gasteiger partial charge >= 0.3 is 5.97 Å². The fourth-order valence-electron chi connectivity index (χ4n) is 1.42. The molecule has 0 atom stereocenters. The first-order valence-electron chi connectivity index (χ1n) is 5.27. The van der Waals surface area contributed by atoms with Crippen molar-refractivity contribution in [3.05, 3.63) is 34.8 Å². The summed E-state index contributed by atoms with van der Waals surface area (Å²) in [6.45, 7) is 1.84. The van der Waals surface area contributed by atoms with E-state index in [9.17, 15) is 18.3 Å². The van der Waals surface area contributed by atoms with E-state index < -0.39 is 16.0 Å². The maximum absolute atomic E-state index is 11.2. The van der Waals surface area contributed by atoms with Crippen LogP contribution in [-0.2, 0) is 10.0 Å². The van der Waals surface area contributed by atoms with Gasteiger partial charge in [0.15, 0.2) is 4.34 Å². The molecule has 0 radical (unpaired) electrons. The highest BCUT2D eigenvalue weighted by Crippen LogP contribution is 2.33. The largest absolute Gasteiger partial charge is 0.478 e. The number of carboxylic acid groups (broad SMARTS) is 1. The Kier molecular flexibility index (Phi) is 4.14. The Morgan fingerprint density at radius 2 is 2.15 bits per heavy atom. The number of primary sulfonamides is 1. The number of benzene rings is 1. The number of sulfonamides is 1. The number of aryl methyl sites for hydroxylation is 1. The zero-order chi connectivity index (χ0) is 14.9. The molecule has 0 aliphatic rings. The van der Waals surface area contributed by atoms with E-state index >= 15 is 0 Å². The van der Waals surface area contributed by atoms with Gasteiger partial charge in [-0.15, -0.1) is 11.3 Å². The third-order valence-electron chi connectivity index (χ3n) is 2.31. The van der Waals surface area contributed by atoms with Crippen LogP contribution in [-0.4, -0.2) is 24.5 Å². The van der Waals surface area contributed by atoms with Gasteiger partial charge < -0.3 is 5.11 Å². The minimum atomic E-state index is -3.93. The summed E-state index contributed by atoms with van der Waals surface area (Å²) in [4.78, 5) is 15.6. The first-order chi connectivity index (χ1) is 9.27. The van der Waals surface area contributed by atoms with Gasteiger partial charge in [0.25, 0.3) is 0 Å². The molecular formula is C11H10N2O4S3. The van der Waals surface area contributed by atoms with Crippen molar-refractivity contribution in [3.63, 3.8) is 0 Å². The fraction of sp³-hybridized carbons (Fsp3) is 0.0909. The van der Waals surface area contributed by atoms with Gasteiger partial charge in [-0.1, -0.05) is 11.8 Å². The zero-order valence-corrected chi connectivity index (χ0v) is 12.7. The average molecular weight is 330 g/mol. The van der Waals surface area contributed by atoms with Crippen LogP contribution < -0.4 is 5.14 Å². The zero-order valence-electron chi connectivity index (χ0n) is 10.2. The van der Waals surface area contributed by atoms with Gasteiger partial charge in [0, 0.05) is 16.0 Å². The van der Waals surface area contributed by atoms with Crippen LogP contribution in [0.15, 0.2) is 37.7 Å². The van der Waals surface area contributed by atoms with Gasteiger partial charge in [-0.25, -0.2) is 23.3 Å². The number of carbonyl (C=O) groups is 1. The molecule has 2 aromatic rings. The van der Waals surface area contributed by atoms with Crippen LogP contribution in [0, 0.1) is 6.92 Å². The van der Waals surface area contributed by atoms with Crippen molar-refractivity contribution in [1.29, 1.82) is 0 Å². The molecule has 0 fully saturated rings. The SMILES string of the molecule is Cc1csc(Sc2ccc(S(N)(=O)=O)cc2C(=O)O)n1. The molecule has 1 aromatic carbocycles. The van der Waals surface area contributed by atoms with Crippen molar-refractivity contribution in [3.8, 4) is 0 Å². The minimum absolute atomic E-state index is 0.116. The van der Waals surface area contributed by atoms with Crippen molar-refractivity contribution in [2.45, 2.75) is 21.1 Å². The van der Waals surface area contributed by atoms with Gasteiger partial charge in [-0.3, -0.25) is 0 Å². The fourth-order valence-corrected chi connectivity index (χ4v) is 3.85. The Balaban J connectivity index is 2.45. The van der Waals surface area contributed by atoms with E-state index in [2.05, 4.69) is 4.98 Å². The Morgan fingerprint density at radius 3 is 2.65 bits per heavy atom. The normalized spacial score (nSPS) is 11.5. The number of nitrogens with two attached hydrogens (primary N) is 1. The molecule has 0 saturated carbocycles. The lowest BCUT2D eigenvalue weighted by Crippen LogP contribution is -2.13. The van der Waals surface area contributed by atoms with Gasteiger partial charge in [-0.2, -0.15) is 0 Å². The number of nitrogens with zero attached hydrogens (tertiary/aromatic N) is 1. The molecule has 3 N–H and O–H groups in total. The summed E-state index contributed by atoms with van der Waals surface area (Å²) in [6, 6.07) is 3.76. The second-order valence-corrected chi connectivity index (χ2v) is 7.57. The van der Waals surface area contributed by atoms with Crippen molar-refractivity contribution >= 4 is 39.1 Å². The molecular weight excluding hydrogens is 320 g/mol. The summed E-state index contributed by atoms with van der Waals surface area (Å²) in [7, 11) is -3.93. The van der Waals surface area contributed by atoms with E-state index in [1.165, 1.54) is 35.2 Å². The first kappa shape index (κ1) is 15.0. The number of rotatable bonds is 4. The van der Waals surface area contributed by atoms with Gasteiger partial charge in [-0.05, 0) is 25.1 Å². The summed E-state index contributed by atoms with van der Waals surface area (Å²) in [5.74, 6) is -1.22. The number of thiazole rings is 1. The van der Waals surface area contributed by atoms with E-state index in [1.807, 2.05) is 12.3 Å². The quantitative estimate of drug-likeness (QED) is 0.886. The van der Waals surface area contributed by atoms with Crippen LogP contribution in [0.25, 0.3) is 0 Å². The number of hydrogen-bond donors (Lipinski definition) is 2. The molecule has 9 heteroatoms. The van der Waals surface area contributed by atoms with E-state index in [0.717, 1.165) is 11.8 Å². The lowest BCUT2D eigenvalue weighted by Gasteiger charge is -2.06. The summed E-state index contributed by atoms with van der Waals surface area (Å²) in [6.07, 6.45) is 0. The topological polar surface area (TPSA) is 110 Å². The van der Waals surface area contributed by atoms with E-state index in [0.29, 0.717) is 9.24 Å². The third-order valence-corrected chi connectivity index (χ3v) is 5.35. The molecule has 6 nitrogen and oxygen atoms in total. The Labute approximate surface area is 123 Å². The predicted molar refractivity (Wildman–Crippen MR) is 75.7 cm³/mol. The Morgan fingerprint density at radius 1 is 1.45 bits per heavy atom. The second kappa shape index (κ2) is 5.52. The van der Waals surface area contributed by atoms with Crippen LogP contribution in [0.5, 0.6) is 0 Å². The van der Waals surface area contributed by atoms with Crippen molar-refractivity contribution < 1.29 is 18.3 Å². The van der Waals surface area contributed by atoms with Crippen LogP contribution in [0.4, 0.5) is 0 Å². The third kappa shape index (κ3) is 3.37. The molecule has 106 valence electrons. The lowest BCUT2D eigenvalue weighted by atomic mass is 10.2. The van der Waals surface area contributed by atoms with E-state index in [-0.39, 0.29) is 10.5 Å². The van der Waals surface area contributed by atoms with Gasteiger partial charge in [0.05, 0.1) is 10.5 Å². The molecule has 2 rings (SSSR count). The maximum atomic E-state index is 11.2. The lowest BCUT2D eigenvalue weighted by molar-refractivity contribution is 0.0693. The molecule has 1 heterocycles. The Bertz CT molecular complexity index is 768. The van der Waals surface area contributed by atoms with E-state index in [4.69, 9.17) is 5.14 Å². The maximum Gasteiger partial charge on any atom is 0.336 e. The van der Waals surface area contributed by atoms with Crippen molar-refractivity contribution in [1.82, 2.24) is 4.98 Å². The predicted octanol–water partition coefficient (Wildman–Crippen LogP) is 1.95. The second-order valence-electron chi connectivity index (χ2n) is 3.86. The summed E-state index contributed by atoms with van der Waals surface area (Å²) in [5.41, 5.74) is 0.727. The Hall–Kier alpha value is -1.42. The molecule has 0 amide bonds. The van der Waals surface area contributed by atoms with Gasteiger partial charge in [0.2, 0.25) is 10.0 Å². The van der Waals surface area contributed by atoms with Gasteiger partial charge in [0.1, 0.15) is 0 Å². The molecule has 1 aromatic heterocycles.